The van der Waals surface area contributed by atoms with Crippen LogP contribution in [-0.2, 0) is 0 Å². The molecule has 4 nitrogen and oxygen atoms in total. The molecule has 0 saturated carbocycles. The Morgan fingerprint density at radius 3 is 2.73 bits per heavy atom. The van der Waals surface area contributed by atoms with E-state index in [-0.39, 0.29) is 18.5 Å². The zero-order valence-electron chi connectivity index (χ0n) is 12.2. The summed E-state index contributed by atoms with van der Waals surface area (Å²) in [5.74, 6) is 0.203. The average molecular weight is 325 g/mol. The number of ether oxygens (including phenoxy) is 1. The monoisotopic (exact) mass is 324 g/mol. The highest BCUT2D eigenvalue weighted by Crippen LogP contribution is 2.15. The van der Waals surface area contributed by atoms with Crippen LogP contribution in [0.4, 0.5) is 4.39 Å². The molecular weight excluding hydrogens is 307 g/mol. The van der Waals surface area contributed by atoms with Crippen LogP contribution < -0.4 is 10.1 Å². The third-order valence-corrected chi connectivity index (χ3v) is 3.37. The second-order valence-corrected chi connectivity index (χ2v) is 5.35. The Hall–Kier alpha value is -1.69. The second kappa shape index (κ2) is 8.08. The minimum atomic E-state index is -0.676. The minimum absolute atomic E-state index is 0.0287. The molecule has 0 aliphatic carbocycles. The molecule has 118 valence electrons. The molecule has 2 rings (SSSR count). The summed E-state index contributed by atoms with van der Waals surface area (Å²) in [5, 5.41) is 13.5. The van der Waals surface area contributed by atoms with Crippen molar-refractivity contribution in [2.75, 3.05) is 13.2 Å². The van der Waals surface area contributed by atoms with Gasteiger partial charge < -0.3 is 15.2 Å². The molecule has 2 atom stereocenters. The smallest absolute Gasteiger partial charge is 0.129 e. The van der Waals surface area contributed by atoms with Gasteiger partial charge in [0.15, 0.2) is 0 Å². The number of hydrogen-bond donors (Lipinski definition) is 2. The van der Waals surface area contributed by atoms with Crippen LogP contribution in [-0.4, -0.2) is 29.3 Å². The number of hydrogen-bond acceptors (Lipinski definition) is 4. The van der Waals surface area contributed by atoms with Gasteiger partial charge in [0.05, 0.1) is 0 Å². The Balaban J connectivity index is 1.75. The van der Waals surface area contributed by atoms with Gasteiger partial charge >= 0.3 is 0 Å². The molecule has 0 bridgehead atoms. The van der Waals surface area contributed by atoms with Gasteiger partial charge in [-0.05, 0) is 48.9 Å². The first-order valence-corrected chi connectivity index (χ1v) is 7.33. The number of halogens is 2. The number of rotatable bonds is 7. The molecule has 0 fully saturated rings. The SMILES string of the molecule is CC(NCC(O)COc1ccc(F)cc1)c1ccnc(Cl)c1. The van der Waals surface area contributed by atoms with Crippen molar-refractivity contribution in [2.24, 2.45) is 0 Å². The topological polar surface area (TPSA) is 54.4 Å². The van der Waals surface area contributed by atoms with Crippen LogP contribution in [0.3, 0.4) is 0 Å². The first kappa shape index (κ1) is 16.7. The van der Waals surface area contributed by atoms with Crippen LogP contribution in [0, 0.1) is 5.82 Å². The molecule has 0 spiro atoms. The number of nitrogens with zero attached hydrogens (tertiary/aromatic N) is 1. The van der Waals surface area contributed by atoms with Gasteiger partial charge in [0.2, 0.25) is 0 Å². The Morgan fingerprint density at radius 1 is 1.32 bits per heavy atom. The first-order chi connectivity index (χ1) is 10.5. The predicted octanol–water partition coefficient (Wildman–Crippen LogP) is 2.96. The predicted molar refractivity (Wildman–Crippen MR) is 83.6 cm³/mol. The van der Waals surface area contributed by atoms with E-state index in [0.717, 1.165) is 5.56 Å². The molecule has 0 radical (unpaired) electrons. The minimum Gasteiger partial charge on any atom is -0.491 e. The summed E-state index contributed by atoms with van der Waals surface area (Å²) in [6.45, 7) is 2.46. The fourth-order valence-electron chi connectivity index (χ4n) is 1.90. The third kappa shape index (κ3) is 5.26. The summed E-state index contributed by atoms with van der Waals surface area (Å²) in [6.07, 6.45) is 0.967. The highest BCUT2D eigenvalue weighted by atomic mass is 35.5. The van der Waals surface area contributed by atoms with Crippen LogP contribution in [0.1, 0.15) is 18.5 Å². The van der Waals surface area contributed by atoms with Crippen LogP contribution in [0.15, 0.2) is 42.6 Å². The Bertz CT molecular complexity index is 595. The number of pyridine rings is 1. The summed E-state index contributed by atoms with van der Waals surface area (Å²) in [4.78, 5) is 3.93. The van der Waals surface area contributed by atoms with Crippen molar-refractivity contribution in [1.29, 1.82) is 0 Å². The maximum atomic E-state index is 12.8. The third-order valence-electron chi connectivity index (χ3n) is 3.17. The van der Waals surface area contributed by atoms with E-state index >= 15 is 0 Å². The van der Waals surface area contributed by atoms with Crippen molar-refractivity contribution in [2.45, 2.75) is 19.1 Å². The first-order valence-electron chi connectivity index (χ1n) is 6.96. The molecule has 2 unspecified atom stereocenters. The zero-order chi connectivity index (χ0) is 15.9. The van der Waals surface area contributed by atoms with Crippen molar-refractivity contribution < 1.29 is 14.2 Å². The number of aliphatic hydroxyl groups is 1. The highest BCUT2D eigenvalue weighted by Gasteiger charge is 2.10. The summed E-state index contributed by atoms with van der Waals surface area (Å²) in [7, 11) is 0. The van der Waals surface area contributed by atoms with E-state index in [2.05, 4.69) is 10.3 Å². The molecule has 22 heavy (non-hydrogen) atoms. The number of aliphatic hydroxyl groups excluding tert-OH is 1. The fourth-order valence-corrected chi connectivity index (χ4v) is 2.08. The molecule has 0 amide bonds. The van der Waals surface area contributed by atoms with Gasteiger partial charge in [0.25, 0.3) is 0 Å². The maximum Gasteiger partial charge on any atom is 0.129 e. The van der Waals surface area contributed by atoms with Gasteiger partial charge in [0, 0.05) is 18.8 Å². The summed E-state index contributed by atoms with van der Waals surface area (Å²) < 4.78 is 18.1. The van der Waals surface area contributed by atoms with E-state index in [9.17, 15) is 9.50 Å². The van der Waals surface area contributed by atoms with Crippen molar-refractivity contribution in [3.63, 3.8) is 0 Å². The van der Waals surface area contributed by atoms with E-state index in [0.29, 0.717) is 17.4 Å². The molecule has 0 saturated heterocycles. The molecule has 0 aliphatic heterocycles. The molecule has 6 heteroatoms. The zero-order valence-corrected chi connectivity index (χ0v) is 12.9. The Morgan fingerprint density at radius 2 is 2.05 bits per heavy atom. The molecule has 1 heterocycles. The standard InChI is InChI=1S/C16H18ClFN2O2/c1-11(12-6-7-19-16(17)8-12)20-9-14(21)10-22-15-4-2-13(18)3-5-15/h2-8,11,14,20-21H,9-10H2,1H3. The largest absolute Gasteiger partial charge is 0.491 e. The van der Waals surface area contributed by atoms with Crippen LogP contribution in [0.2, 0.25) is 5.15 Å². The van der Waals surface area contributed by atoms with Gasteiger partial charge in [-0.25, -0.2) is 9.37 Å². The van der Waals surface area contributed by atoms with Crippen molar-refractivity contribution >= 4 is 11.6 Å². The molecule has 1 aromatic heterocycles. The highest BCUT2D eigenvalue weighted by molar-refractivity contribution is 6.29. The summed E-state index contributed by atoms with van der Waals surface area (Å²) >= 11 is 5.85. The molecule has 2 N–H and O–H groups in total. The van der Waals surface area contributed by atoms with Crippen molar-refractivity contribution in [3.05, 3.63) is 59.1 Å². The van der Waals surface area contributed by atoms with Crippen LogP contribution in [0.25, 0.3) is 0 Å². The molecule has 2 aromatic rings. The average Bonchev–Trinajstić information content (AvgIpc) is 2.52. The van der Waals surface area contributed by atoms with E-state index in [1.807, 2.05) is 13.0 Å². The molecular formula is C16H18ClFN2O2. The number of aromatic nitrogens is 1. The maximum absolute atomic E-state index is 12.8. The van der Waals surface area contributed by atoms with Crippen molar-refractivity contribution in [3.8, 4) is 5.75 Å². The number of nitrogens with one attached hydrogen (secondary N) is 1. The van der Waals surface area contributed by atoms with E-state index < -0.39 is 6.10 Å². The Kier molecular flexibility index (Phi) is 6.12. The normalized spacial score (nSPS) is 13.6. The van der Waals surface area contributed by atoms with E-state index in [1.54, 1.807) is 12.3 Å². The van der Waals surface area contributed by atoms with Gasteiger partial charge in [-0.1, -0.05) is 11.6 Å². The lowest BCUT2D eigenvalue weighted by Gasteiger charge is -2.18. The van der Waals surface area contributed by atoms with Crippen LogP contribution in [0.5, 0.6) is 5.75 Å². The van der Waals surface area contributed by atoms with Gasteiger partial charge in [-0.3, -0.25) is 0 Å². The Labute approximate surface area is 133 Å². The van der Waals surface area contributed by atoms with E-state index in [1.165, 1.54) is 24.3 Å². The molecule has 0 aliphatic rings. The van der Waals surface area contributed by atoms with Gasteiger partial charge in [-0.15, -0.1) is 0 Å². The fraction of sp³-hybridized carbons (Fsp3) is 0.312. The number of benzene rings is 1. The lowest BCUT2D eigenvalue weighted by atomic mass is 10.1. The quantitative estimate of drug-likeness (QED) is 0.769. The summed E-state index contributed by atoms with van der Waals surface area (Å²) in [6, 6.07) is 9.35. The van der Waals surface area contributed by atoms with Gasteiger partial charge in [-0.2, -0.15) is 0 Å². The molecule has 1 aromatic carbocycles. The lowest BCUT2D eigenvalue weighted by molar-refractivity contribution is 0.104. The second-order valence-electron chi connectivity index (χ2n) is 4.96. The summed E-state index contributed by atoms with van der Waals surface area (Å²) in [5.41, 5.74) is 0.992. The van der Waals surface area contributed by atoms with Crippen LogP contribution >= 0.6 is 11.6 Å². The van der Waals surface area contributed by atoms with Gasteiger partial charge in [0.1, 0.15) is 29.4 Å². The van der Waals surface area contributed by atoms with E-state index in [4.69, 9.17) is 16.3 Å². The lowest BCUT2D eigenvalue weighted by Crippen LogP contribution is -2.33. The van der Waals surface area contributed by atoms with Crippen molar-refractivity contribution in [1.82, 2.24) is 10.3 Å².